The van der Waals surface area contributed by atoms with E-state index in [1.165, 1.54) is 21.1 Å². The molecule has 2 unspecified atom stereocenters. The number of benzene rings is 1. The lowest BCUT2D eigenvalue weighted by atomic mass is 10.0. The molecule has 0 fully saturated rings. The largest absolute Gasteiger partial charge is 0.345 e. The van der Waals surface area contributed by atoms with Gasteiger partial charge < -0.3 is 0 Å². The van der Waals surface area contributed by atoms with Crippen molar-refractivity contribution >= 4 is 16.8 Å². The van der Waals surface area contributed by atoms with E-state index in [0.717, 1.165) is 16.3 Å². The van der Waals surface area contributed by atoms with Crippen LogP contribution < -0.4 is 11.4 Å². The Morgan fingerprint density at radius 1 is 1.14 bits per heavy atom. The highest BCUT2D eigenvalue weighted by Gasteiger charge is 2.35. The van der Waals surface area contributed by atoms with Gasteiger partial charge in [-0.05, 0) is 18.6 Å². The van der Waals surface area contributed by atoms with Crippen molar-refractivity contribution in [1.29, 1.82) is 0 Å². The summed E-state index contributed by atoms with van der Waals surface area (Å²) in [6.45, 7) is 1.90. The van der Waals surface area contributed by atoms with E-state index in [0.29, 0.717) is 0 Å². The molecule has 0 amide bonds. The average molecular weight is 300 g/mol. The second kappa shape index (κ2) is 4.36. The normalized spacial score (nSPS) is 23.3. The van der Waals surface area contributed by atoms with Crippen LogP contribution in [0.25, 0.3) is 0 Å². The summed E-state index contributed by atoms with van der Waals surface area (Å²) in [5.74, 6) is 0. The van der Waals surface area contributed by atoms with Crippen LogP contribution in [0.5, 0.6) is 0 Å². The number of aromatic amines is 1. The van der Waals surface area contributed by atoms with Gasteiger partial charge in [-0.25, -0.2) is 23.9 Å². The van der Waals surface area contributed by atoms with E-state index in [2.05, 4.69) is 9.98 Å². The van der Waals surface area contributed by atoms with Gasteiger partial charge in [0.2, 0.25) is 0 Å². The standard InChI is InChI=1S/C14H12N4O2S/c1-8-15-10-7-11(9-5-3-2-4-6-9)17-13(19)16-14(20)18(17)12(10)21-8/h2-7,11-12H,1H3,(H,16,19,20). The minimum absolute atomic E-state index is 0.253. The Kier molecular flexibility index (Phi) is 2.58. The molecule has 4 rings (SSSR count). The summed E-state index contributed by atoms with van der Waals surface area (Å²) in [4.78, 5) is 31.1. The van der Waals surface area contributed by atoms with Gasteiger partial charge in [0.15, 0.2) is 0 Å². The number of thioether (sulfide) groups is 1. The van der Waals surface area contributed by atoms with Crippen LogP contribution in [0.3, 0.4) is 0 Å². The molecule has 0 aliphatic carbocycles. The third kappa shape index (κ3) is 1.77. The summed E-state index contributed by atoms with van der Waals surface area (Å²) < 4.78 is 2.95. The molecule has 2 aromatic rings. The second-order valence-electron chi connectivity index (χ2n) is 4.97. The minimum Gasteiger partial charge on any atom is -0.256 e. The summed E-state index contributed by atoms with van der Waals surface area (Å²) in [6.07, 6.45) is 1.96. The topological polar surface area (TPSA) is 72.2 Å². The van der Waals surface area contributed by atoms with Gasteiger partial charge in [-0.15, -0.1) is 0 Å². The van der Waals surface area contributed by atoms with E-state index in [-0.39, 0.29) is 11.4 Å². The number of nitrogens with zero attached hydrogens (tertiary/aromatic N) is 3. The molecular formula is C14H12N4O2S. The summed E-state index contributed by atoms with van der Waals surface area (Å²) in [6, 6.07) is 9.31. The maximum absolute atomic E-state index is 12.1. The predicted molar refractivity (Wildman–Crippen MR) is 81.7 cm³/mol. The minimum atomic E-state index is -0.395. The molecule has 1 aromatic heterocycles. The molecule has 0 radical (unpaired) electrons. The van der Waals surface area contributed by atoms with Gasteiger partial charge in [0, 0.05) is 0 Å². The molecule has 1 N–H and O–H groups in total. The van der Waals surface area contributed by atoms with Crippen molar-refractivity contribution in [3.63, 3.8) is 0 Å². The molecule has 3 heterocycles. The fourth-order valence-corrected chi connectivity index (χ4v) is 3.81. The highest BCUT2D eigenvalue weighted by atomic mass is 32.2. The number of aliphatic imine (C=N–C) groups is 1. The SMILES string of the molecule is CC1=NC2=CC(c3ccccc3)n3c(=O)[nH]c(=O)n3C2S1. The first-order chi connectivity index (χ1) is 10.1. The van der Waals surface area contributed by atoms with Gasteiger partial charge in [-0.1, -0.05) is 42.1 Å². The van der Waals surface area contributed by atoms with Crippen LogP contribution in [-0.2, 0) is 0 Å². The first-order valence-electron chi connectivity index (χ1n) is 6.57. The third-order valence-corrected chi connectivity index (χ3v) is 4.74. The van der Waals surface area contributed by atoms with Gasteiger partial charge in [-0.3, -0.25) is 4.98 Å². The number of hydrogen-bond donors (Lipinski definition) is 1. The van der Waals surface area contributed by atoms with Crippen molar-refractivity contribution < 1.29 is 0 Å². The predicted octanol–water partition coefficient (Wildman–Crippen LogP) is 1.49. The van der Waals surface area contributed by atoms with Gasteiger partial charge >= 0.3 is 11.4 Å². The van der Waals surface area contributed by atoms with Crippen molar-refractivity contribution in [2.45, 2.75) is 18.3 Å². The average Bonchev–Trinajstić information content (AvgIpc) is 2.98. The summed E-state index contributed by atoms with van der Waals surface area (Å²) in [7, 11) is 0. The summed E-state index contributed by atoms with van der Waals surface area (Å²) in [5, 5.41) is 0.642. The van der Waals surface area contributed by atoms with E-state index in [1.807, 2.05) is 43.3 Å². The second-order valence-corrected chi connectivity index (χ2v) is 6.25. The lowest BCUT2D eigenvalue weighted by Crippen LogP contribution is -2.35. The first-order valence-corrected chi connectivity index (χ1v) is 7.45. The Morgan fingerprint density at radius 2 is 1.86 bits per heavy atom. The molecular weight excluding hydrogens is 288 g/mol. The molecule has 2 atom stereocenters. The number of H-pyrrole nitrogens is 1. The van der Waals surface area contributed by atoms with Gasteiger partial charge in [-0.2, -0.15) is 0 Å². The zero-order chi connectivity index (χ0) is 14.6. The molecule has 106 valence electrons. The van der Waals surface area contributed by atoms with Crippen LogP contribution in [-0.4, -0.2) is 19.4 Å². The van der Waals surface area contributed by atoms with Crippen LogP contribution in [0, 0.1) is 0 Å². The maximum Gasteiger partial charge on any atom is 0.345 e. The molecule has 21 heavy (non-hydrogen) atoms. The van der Waals surface area contributed by atoms with E-state index >= 15 is 0 Å². The summed E-state index contributed by atoms with van der Waals surface area (Å²) >= 11 is 1.48. The molecule has 0 saturated heterocycles. The zero-order valence-electron chi connectivity index (χ0n) is 11.2. The number of hydrogen-bond acceptors (Lipinski definition) is 4. The number of rotatable bonds is 1. The molecule has 7 heteroatoms. The lowest BCUT2D eigenvalue weighted by molar-refractivity contribution is 0.420. The van der Waals surface area contributed by atoms with Crippen LogP contribution >= 0.6 is 11.8 Å². The Balaban J connectivity index is 1.99. The van der Waals surface area contributed by atoms with Gasteiger partial charge in [0.1, 0.15) is 11.4 Å². The molecule has 0 saturated carbocycles. The van der Waals surface area contributed by atoms with Crippen molar-refractivity contribution in [1.82, 2.24) is 14.3 Å². The third-order valence-electron chi connectivity index (χ3n) is 3.64. The number of aromatic nitrogens is 3. The number of allylic oxidation sites excluding steroid dienone is 1. The Hall–Kier alpha value is -2.28. The van der Waals surface area contributed by atoms with Gasteiger partial charge in [0.05, 0.1) is 10.7 Å². The van der Waals surface area contributed by atoms with Crippen LogP contribution in [0.4, 0.5) is 0 Å². The molecule has 6 nitrogen and oxygen atoms in total. The lowest BCUT2D eigenvalue weighted by Gasteiger charge is -2.26. The smallest absolute Gasteiger partial charge is 0.256 e. The molecule has 2 aliphatic heterocycles. The van der Waals surface area contributed by atoms with E-state index in [1.54, 1.807) is 0 Å². The van der Waals surface area contributed by atoms with Crippen molar-refractivity contribution in [2.75, 3.05) is 0 Å². The van der Waals surface area contributed by atoms with Gasteiger partial charge in [0.25, 0.3) is 0 Å². The molecule has 0 spiro atoms. The Morgan fingerprint density at radius 3 is 2.62 bits per heavy atom. The van der Waals surface area contributed by atoms with Crippen molar-refractivity contribution in [3.05, 3.63) is 68.6 Å². The summed E-state index contributed by atoms with van der Waals surface area (Å²) in [5.41, 5.74) is 0.985. The zero-order valence-corrected chi connectivity index (χ0v) is 12.0. The van der Waals surface area contributed by atoms with Crippen LogP contribution in [0.15, 0.2) is 56.7 Å². The van der Waals surface area contributed by atoms with Crippen LogP contribution in [0.1, 0.15) is 23.9 Å². The fourth-order valence-electron chi connectivity index (χ4n) is 2.78. The number of nitrogens with one attached hydrogen (secondary N) is 1. The van der Waals surface area contributed by atoms with E-state index in [4.69, 9.17) is 0 Å². The molecule has 1 aromatic carbocycles. The highest BCUT2D eigenvalue weighted by Crippen LogP contribution is 2.42. The molecule has 2 aliphatic rings. The maximum atomic E-state index is 12.1. The van der Waals surface area contributed by atoms with E-state index < -0.39 is 11.4 Å². The first kappa shape index (κ1) is 12.5. The Labute approximate surface area is 123 Å². The fraction of sp³-hybridized carbons (Fsp3) is 0.214. The van der Waals surface area contributed by atoms with Crippen molar-refractivity contribution in [3.8, 4) is 0 Å². The Bertz CT molecular complexity index is 888. The molecule has 0 bridgehead atoms. The number of fused-ring (bicyclic) bond motifs is 3. The highest BCUT2D eigenvalue weighted by molar-refractivity contribution is 8.14. The van der Waals surface area contributed by atoms with Crippen LogP contribution in [0.2, 0.25) is 0 Å². The quantitative estimate of drug-likeness (QED) is 0.867. The van der Waals surface area contributed by atoms with Crippen molar-refractivity contribution in [2.24, 2.45) is 4.99 Å². The monoisotopic (exact) mass is 300 g/mol. The van der Waals surface area contributed by atoms with E-state index in [9.17, 15) is 9.59 Å².